The van der Waals surface area contributed by atoms with E-state index >= 15 is 0 Å². The topological polar surface area (TPSA) is 50.4 Å². The van der Waals surface area contributed by atoms with E-state index in [0.29, 0.717) is 22.1 Å². The molecule has 0 atom stereocenters. The number of halogens is 2. The molecule has 0 saturated heterocycles. The van der Waals surface area contributed by atoms with Crippen LogP contribution in [0.3, 0.4) is 0 Å². The average molecular weight is 240 g/mol. The van der Waals surface area contributed by atoms with Crippen LogP contribution in [0.25, 0.3) is 11.0 Å². The Balaban J connectivity index is 2.79. The first kappa shape index (κ1) is 11.6. The van der Waals surface area contributed by atoms with Gasteiger partial charge in [0.25, 0.3) is 6.43 Å². The first-order valence-electron chi connectivity index (χ1n) is 4.97. The van der Waals surface area contributed by atoms with Crippen molar-refractivity contribution in [3.8, 4) is 0 Å². The number of alkyl halides is 2. The van der Waals surface area contributed by atoms with E-state index < -0.39 is 18.2 Å². The van der Waals surface area contributed by atoms with Gasteiger partial charge in [-0.1, -0.05) is 0 Å². The van der Waals surface area contributed by atoms with Gasteiger partial charge in [0.05, 0.1) is 5.56 Å². The fraction of sp³-hybridized carbons (Fsp3) is 0.250. The van der Waals surface area contributed by atoms with Crippen molar-refractivity contribution in [3.63, 3.8) is 0 Å². The van der Waals surface area contributed by atoms with E-state index in [2.05, 4.69) is 0 Å². The molecule has 0 saturated carbocycles. The third kappa shape index (κ3) is 1.77. The maximum Gasteiger partial charge on any atom is 0.335 e. The number of carboxylic acids is 1. The van der Waals surface area contributed by atoms with E-state index in [1.807, 2.05) is 0 Å². The smallest absolute Gasteiger partial charge is 0.335 e. The molecular formula is C12H10F2O3. The molecule has 0 aliphatic heterocycles. The van der Waals surface area contributed by atoms with Gasteiger partial charge in [-0.15, -0.1) is 0 Å². The van der Waals surface area contributed by atoms with Crippen LogP contribution in [-0.4, -0.2) is 11.1 Å². The molecule has 1 heterocycles. The number of hydrogen-bond acceptors (Lipinski definition) is 2. The van der Waals surface area contributed by atoms with Gasteiger partial charge in [-0.05, 0) is 31.5 Å². The van der Waals surface area contributed by atoms with E-state index in [4.69, 9.17) is 9.52 Å². The SMILES string of the molecule is Cc1c(C(F)F)oc2c(C)cc(C(=O)O)cc12. The van der Waals surface area contributed by atoms with Crippen LogP contribution < -0.4 is 0 Å². The van der Waals surface area contributed by atoms with Crippen molar-refractivity contribution in [1.29, 1.82) is 0 Å². The highest BCUT2D eigenvalue weighted by Crippen LogP contribution is 2.34. The second kappa shape index (κ2) is 3.84. The average Bonchev–Trinajstić information content (AvgIpc) is 2.57. The lowest BCUT2D eigenvalue weighted by atomic mass is 10.1. The molecule has 2 rings (SSSR count). The van der Waals surface area contributed by atoms with Crippen molar-refractivity contribution >= 4 is 16.9 Å². The molecule has 1 aromatic carbocycles. The Labute approximate surface area is 95.7 Å². The van der Waals surface area contributed by atoms with Crippen LogP contribution >= 0.6 is 0 Å². The van der Waals surface area contributed by atoms with Gasteiger partial charge in [-0.3, -0.25) is 0 Å². The summed E-state index contributed by atoms with van der Waals surface area (Å²) in [4.78, 5) is 10.9. The molecule has 0 aliphatic carbocycles. The Bertz CT molecular complexity index is 599. The summed E-state index contributed by atoms with van der Waals surface area (Å²) < 4.78 is 30.4. The van der Waals surface area contributed by atoms with Crippen LogP contribution in [0.15, 0.2) is 16.5 Å². The van der Waals surface area contributed by atoms with E-state index in [0.717, 1.165) is 0 Å². The number of aryl methyl sites for hydroxylation is 2. The second-order valence-corrected chi connectivity index (χ2v) is 3.87. The largest absolute Gasteiger partial charge is 0.478 e. The fourth-order valence-corrected chi connectivity index (χ4v) is 1.84. The number of fused-ring (bicyclic) bond motifs is 1. The predicted molar refractivity (Wildman–Crippen MR) is 57.6 cm³/mol. The summed E-state index contributed by atoms with van der Waals surface area (Å²) in [7, 11) is 0. The van der Waals surface area contributed by atoms with Crippen molar-refractivity contribution in [2.24, 2.45) is 0 Å². The minimum absolute atomic E-state index is 0.0692. The summed E-state index contributed by atoms with van der Waals surface area (Å²) in [6.07, 6.45) is -2.70. The molecule has 5 heteroatoms. The third-order valence-corrected chi connectivity index (χ3v) is 2.71. The molecule has 90 valence electrons. The highest BCUT2D eigenvalue weighted by molar-refractivity contribution is 5.95. The Morgan fingerprint density at radius 2 is 2.00 bits per heavy atom. The first-order valence-corrected chi connectivity index (χ1v) is 4.97. The van der Waals surface area contributed by atoms with Crippen molar-refractivity contribution in [1.82, 2.24) is 0 Å². The van der Waals surface area contributed by atoms with Gasteiger partial charge < -0.3 is 9.52 Å². The minimum atomic E-state index is -2.70. The molecule has 3 nitrogen and oxygen atoms in total. The number of carboxylic acid groups (broad SMARTS) is 1. The van der Waals surface area contributed by atoms with E-state index in [1.165, 1.54) is 19.1 Å². The molecule has 1 N–H and O–H groups in total. The summed E-state index contributed by atoms with van der Waals surface area (Å²) in [5, 5.41) is 9.33. The Morgan fingerprint density at radius 3 is 2.53 bits per heavy atom. The van der Waals surface area contributed by atoms with Crippen LogP contribution in [0.4, 0.5) is 8.78 Å². The molecule has 2 aromatic rings. The molecule has 0 fully saturated rings. The number of rotatable bonds is 2. The van der Waals surface area contributed by atoms with Gasteiger partial charge in [0, 0.05) is 10.9 Å². The molecule has 0 spiro atoms. The highest BCUT2D eigenvalue weighted by Gasteiger charge is 2.21. The molecule has 17 heavy (non-hydrogen) atoms. The number of benzene rings is 1. The zero-order valence-corrected chi connectivity index (χ0v) is 9.25. The van der Waals surface area contributed by atoms with Gasteiger partial charge in [0.2, 0.25) is 0 Å². The van der Waals surface area contributed by atoms with Gasteiger partial charge in [0.15, 0.2) is 5.76 Å². The maximum atomic E-state index is 12.6. The van der Waals surface area contributed by atoms with Crippen molar-refractivity contribution in [2.75, 3.05) is 0 Å². The minimum Gasteiger partial charge on any atom is -0.478 e. The lowest BCUT2D eigenvalue weighted by molar-refractivity contribution is 0.0697. The second-order valence-electron chi connectivity index (χ2n) is 3.87. The van der Waals surface area contributed by atoms with Gasteiger partial charge in [-0.25, -0.2) is 13.6 Å². The molecule has 0 radical (unpaired) electrons. The lowest BCUT2D eigenvalue weighted by Gasteiger charge is -1.98. The van der Waals surface area contributed by atoms with E-state index in [9.17, 15) is 13.6 Å². The summed E-state index contributed by atoms with van der Waals surface area (Å²) in [5.41, 5.74) is 1.22. The number of carbonyl (C=O) groups is 1. The van der Waals surface area contributed by atoms with Crippen LogP contribution in [0, 0.1) is 13.8 Å². The van der Waals surface area contributed by atoms with Crippen molar-refractivity contribution < 1.29 is 23.1 Å². The predicted octanol–water partition coefficient (Wildman–Crippen LogP) is 3.69. The van der Waals surface area contributed by atoms with Crippen LogP contribution in [0.5, 0.6) is 0 Å². The number of furan rings is 1. The van der Waals surface area contributed by atoms with Crippen molar-refractivity contribution in [2.45, 2.75) is 20.3 Å². The number of aromatic carboxylic acids is 1. The lowest BCUT2D eigenvalue weighted by Crippen LogP contribution is -1.96. The van der Waals surface area contributed by atoms with Crippen LogP contribution in [0.1, 0.15) is 33.7 Å². The molecule has 1 aromatic heterocycles. The van der Waals surface area contributed by atoms with E-state index in [1.54, 1.807) is 6.92 Å². The first-order chi connectivity index (χ1) is 7.91. The molecule has 0 amide bonds. The Hall–Kier alpha value is -1.91. The monoisotopic (exact) mass is 240 g/mol. The Kier molecular flexibility index (Phi) is 2.61. The molecule has 0 bridgehead atoms. The quantitative estimate of drug-likeness (QED) is 0.870. The third-order valence-electron chi connectivity index (χ3n) is 2.71. The molecule has 0 aliphatic rings. The zero-order valence-electron chi connectivity index (χ0n) is 9.25. The Morgan fingerprint density at radius 1 is 1.35 bits per heavy atom. The molecule has 0 unspecified atom stereocenters. The van der Waals surface area contributed by atoms with Crippen LogP contribution in [0.2, 0.25) is 0 Å². The summed E-state index contributed by atoms with van der Waals surface area (Å²) in [6, 6.07) is 2.76. The van der Waals surface area contributed by atoms with Crippen molar-refractivity contribution in [3.05, 3.63) is 34.6 Å². The standard InChI is InChI=1S/C12H10F2O3/c1-5-3-7(12(15)16)4-8-6(2)10(11(13)14)17-9(5)8/h3-4,11H,1-2H3,(H,15,16). The van der Waals surface area contributed by atoms with Crippen LogP contribution in [-0.2, 0) is 0 Å². The summed E-state index contributed by atoms with van der Waals surface area (Å²) in [5.74, 6) is -1.49. The van der Waals surface area contributed by atoms with E-state index in [-0.39, 0.29) is 5.56 Å². The zero-order chi connectivity index (χ0) is 12.7. The molecular weight excluding hydrogens is 230 g/mol. The highest BCUT2D eigenvalue weighted by atomic mass is 19.3. The van der Waals surface area contributed by atoms with Gasteiger partial charge in [0.1, 0.15) is 5.58 Å². The normalized spacial score (nSPS) is 11.4. The summed E-state index contributed by atoms with van der Waals surface area (Å²) >= 11 is 0. The van der Waals surface area contributed by atoms with Gasteiger partial charge >= 0.3 is 5.97 Å². The maximum absolute atomic E-state index is 12.6. The van der Waals surface area contributed by atoms with Gasteiger partial charge in [-0.2, -0.15) is 0 Å². The summed E-state index contributed by atoms with van der Waals surface area (Å²) in [6.45, 7) is 3.13. The number of hydrogen-bond donors (Lipinski definition) is 1. The fourth-order valence-electron chi connectivity index (χ4n) is 1.84.